The van der Waals surface area contributed by atoms with E-state index in [1.165, 1.54) is 19.3 Å². The number of pyridine rings is 1. The predicted octanol–water partition coefficient (Wildman–Crippen LogP) is 3.76. The van der Waals surface area contributed by atoms with Gasteiger partial charge in [-0.3, -0.25) is 0 Å². The number of aryl methyl sites for hydroxylation is 1. The zero-order valence-corrected chi connectivity index (χ0v) is 11.5. The molecule has 0 aliphatic heterocycles. The second kappa shape index (κ2) is 5.72. The van der Waals surface area contributed by atoms with Crippen LogP contribution in [0.25, 0.3) is 0 Å². The molecule has 17 heavy (non-hydrogen) atoms. The Bertz CT molecular complexity index is 374. The van der Waals surface area contributed by atoms with Crippen LogP contribution in [0.2, 0.25) is 0 Å². The molecule has 0 bridgehead atoms. The number of rotatable bonds is 5. The van der Waals surface area contributed by atoms with Crippen molar-refractivity contribution in [3.63, 3.8) is 0 Å². The summed E-state index contributed by atoms with van der Waals surface area (Å²) >= 11 is 5.86. The number of nitrogens with zero attached hydrogens (tertiary/aromatic N) is 2. The monoisotopic (exact) mass is 252 g/mol. The highest BCUT2D eigenvalue weighted by molar-refractivity contribution is 6.17. The molecule has 1 heterocycles. The molecule has 0 spiro atoms. The van der Waals surface area contributed by atoms with Crippen molar-refractivity contribution in [1.29, 1.82) is 0 Å². The molecule has 1 aromatic heterocycles. The zero-order valence-electron chi connectivity index (χ0n) is 10.7. The van der Waals surface area contributed by atoms with Gasteiger partial charge in [0.15, 0.2) is 0 Å². The first-order chi connectivity index (χ1) is 8.24. The lowest BCUT2D eigenvalue weighted by Gasteiger charge is -2.32. The fraction of sp³-hybridized carbons (Fsp3) is 0.643. The lowest BCUT2D eigenvalue weighted by Crippen LogP contribution is -2.33. The third-order valence-electron chi connectivity index (χ3n) is 3.73. The largest absolute Gasteiger partial charge is 0.357 e. The van der Waals surface area contributed by atoms with Crippen molar-refractivity contribution in [3.05, 3.63) is 23.4 Å². The van der Waals surface area contributed by atoms with Crippen molar-refractivity contribution in [2.45, 2.75) is 39.0 Å². The van der Waals surface area contributed by atoms with Gasteiger partial charge in [-0.1, -0.05) is 12.5 Å². The molecule has 1 aliphatic rings. The van der Waals surface area contributed by atoms with Gasteiger partial charge >= 0.3 is 0 Å². The van der Waals surface area contributed by atoms with Crippen LogP contribution in [0.1, 0.15) is 37.4 Å². The Kier molecular flexibility index (Phi) is 4.27. The van der Waals surface area contributed by atoms with E-state index in [-0.39, 0.29) is 0 Å². The molecule has 0 aromatic carbocycles. The minimum atomic E-state index is 0.549. The summed E-state index contributed by atoms with van der Waals surface area (Å²) in [5.41, 5.74) is 2.19. The molecule has 0 radical (unpaired) electrons. The van der Waals surface area contributed by atoms with Gasteiger partial charge in [0.25, 0.3) is 0 Å². The van der Waals surface area contributed by atoms with Crippen LogP contribution in [0.4, 0.5) is 5.82 Å². The topological polar surface area (TPSA) is 16.1 Å². The van der Waals surface area contributed by atoms with E-state index in [1.54, 1.807) is 0 Å². The molecule has 0 unspecified atom stereocenters. The third kappa shape index (κ3) is 2.92. The second-order valence-corrected chi connectivity index (χ2v) is 5.15. The summed E-state index contributed by atoms with van der Waals surface area (Å²) in [6.07, 6.45) is 4.17. The van der Waals surface area contributed by atoms with E-state index in [9.17, 15) is 0 Å². The maximum Gasteiger partial charge on any atom is 0.128 e. The van der Waals surface area contributed by atoms with Crippen LogP contribution >= 0.6 is 11.6 Å². The average molecular weight is 253 g/mol. The highest BCUT2D eigenvalue weighted by Crippen LogP contribution is 2.28. The molecule has 94 valence electrons. The minimum absolute atomic E-state index is 0.549. The molecule has 2 rings (SSSR count). The van der Waals surface area contributed by atoms with Crippen LogP contribution in [-0.4, -0.2) is 18.1 Å². The van der Waals surface area contributed by atoms with Gasteiger partial charge in [-0.2, -0.15) is 0 Å². The van der Waals surface area contributed by atoms with Gasteiger partial charge in [-0.15, -0.1) is 11.6 Å². The van der Waals surface area contributed by atoms with E-state index in [0.717, 1.165) is 36.1 Å². The summed E-state index contributed by atoms with van der Waals surface area (Å²) in [6, 6.07) is 4.21. The Morgan fingerprint density at radius 2 is 2.18 bits per heavy atom. The van der Waals surface area contributed by atoms with Crippen LogP contribution in [0.15, 0.2) is 12.1 Å². The maximum atomic E-state index is 5.86. The van der Waals surface area contributed by atoms with Crippen molar-refractivity contribution in [2.24, 2.45) is 5.92 Å². The fourth-order valence-electron chi connectivity index (χ4n) is 2.27. The van der Waals surface area contributed by atoms with Gasteiger partial charge in [0.05, 0.1) is 0 Å². The number of hydrogen-bond donors (Lipinski definition) is 0. The quantitative estimate of drug-likeness (QED) is 0.742. The number of anilines is 1. The van der Waals surface area contributed by atoms with Crippen LogP contribution in [-0.2, 0) is 5.88 Å². The van der Waals surface area contributed by atoms with Crippen molar-refractivity contribution in [1.82, 2.24) is 4.98 Å². The van der Waals surface area contributed by atoms with E-state index in [0.29, 0.717) is 5.88 Å². The van der Waals surface area contributed by atoms with E-state index in [4.69, 9.17) is 11.6 Å². The van der Waals surface area contributed by atoms with Crippen LogP contribution in [0.3, 0.4) is 0 Å². The molecule has 2 nitrogen and oxygen atoms in total. The SMILES string of the molecule is CCN(CC1CCC1)c1ccc(CCl)c(C)n1. The molecule has 0 atom stereocenters. The molecule has 3 heteroatoms. The fourth-order valence-corrected chi connectivity index (χ4v) is 2.55. The molecule has 1 aliphatic carbocycles. The number of aromatic nitrogens is 1. The first-order valence-corrected chi connectivity index (χ1v) is 7.05. The molecule has 0 N–H and O–H groups in total. The van der Waals surface area contributed by atoms with Crippen molar-refractivity contribution >= 4 is 17.4 Å². The minimum Gasteiger partial charge on any atom is -0.357 e. The summed E-state index contributed by atoms with van der Waals surface area (Å²) in [5, 5.41) is 0. The normalized spacial score (nSPS) is 15.7. The summed E-state index contributed by atoms with van der Waals surface area (Å²) in [5.74, 6) is 2.53. The Labute approximate surface area is 109 Å². The Hall–Kier alpha value is -0.760. The molecule has 0 amide bonds. The standard InChI is InChI=1S/C14H21ClN2/c1-3-17(10-12-5-4-6-12)14-8-7-13(9-15)11(2)16-14/h7-8,12H,3-6,9-10H2,1-2H3. The van der Waals surface area contributed by atoms with Gasteiger partial charge in [0.1, 0.15) is 5.82 Å². The molecule has 0 saturated heterocycles. The molecular formula is C14H21ClN2. The molecular weight excluding hydrogens is 232 g/mol. The summed E-state index contributed by atoms with van der Waals surface area (Å²) in [7, 11) is 0. The number of hydrogen-bond acceptors (Lipinski definition) is 2. The zero-order chi connectivity index (χ0) is 12.3. The number of halogens is 1. The first-order valence-electron chi connectivity index (χ1n) is 6.52. The smallest absolute Gasteiger partial charge is 0.128 e. The van der Waals surface area contributed by atoms with Crippen molar-refractivity contribution in [3.8, 4) is 0 Å². The first kappa shape index (κ1) is 12.7. The number of alkyl halides is 1. The Balaban J connectivity index is 2.09. The van der Waals surface area contributed by atoms with Gasteiger partial charge in [0, 0.05) is 24.7 Å². The van der Waals surface area contributed by atoms with E-state index in [1.807, 2.05) is 6.92 Å². The van der Waals surface area contributed by atoms with Gasteiger partial charge < -0.3 is 4.90 Å². The lowest BCUT2D eigenvalue weighted by atomic mass is 9.85. The average Bonchev–Trinajstić information content (AvgIpc) is 2.28. The predicted molar refractivity (Wildman–Crippen MR) is 73.8 cm³/mol. The summed E-state index contributed by atoms with van der Waals surface area (Å²) < 4.78 is 0. The Morgan fingerprint density at radius 1 is 1.41 bits per heavy atom. The lowest BCUT2D eigenvalue weighted by molar-refractivity contribution is 0.318. The Morgan fingerprint density at radius 3 is 2.65 bits per heavy atom. The highest BCUT2D eigenvalue weighted by Gasteiger charge is 2.20. The van der Waals surface area contributed by atoms with E-state index in [2.05, 4.69) is 28.9 Å². The van der Waals surface area contributed by atoms with Crippen molar-refractivity contribution in [2.75, 3.05) is 18.0 Å². The summed E-state index contributed by atoms with van der Waals surface area (Å²) in [6.45, 7) is 6.43. The van der Waals surface area contributed by atoms with Gasteiger partial charge in [-0.05, 0) is 44.2 Å². The van der Waals surface area contributed by atoms with Crippen LogP contribution < -0.4 is 4.90 Å². The van der Waals surface area contributed by atoms with Crippen LogP contribution in [0, 0.1) is 12.8 Å². The second-order valence-electron chi connectivity index (χ2n) is 4.88. The van der Waals surface area contributed by atoms with E-state index < -0.39 is 0 Å². The maximum absolute atomic E-state index is 5.86. The molecule has 1 aromatic rings. The third-order valence-corrected chi connectivity index (χ3v) is 4.02. The van der Waals surface area contributed by atoms with Crippen LogP contribution in [0.5, 0.6) is 0 Å². The highest BCUT2D eigenvalue weighted by atomic mass is 35.5. The van der Waals surface area contributed by atoms with Gasteiger partial charge in [-0.25, -0.2) is 4.98 Å². The summed E-state index contributed by atoms with van der Waals surface area (Å²) in [4.78, 5) is 7.05. The van der Waals surface area contributed by atoms with Crippen molar-refractivity contribution < 1.29 is 0 Å². The molecule has 1 saturated carbocycles. The van der Waals surface area contributed by atoms with E-state index >= 15 is 0 Å². The molecule has 1 fully saturated rings. The van der Waals surface area contributed by atoms with Gasteiger partial charge in [0.2, 0.25) is 0 Å².